The van der Waals surface area contributed by atoms with Gasteiger partial charge < -0.3 is 20.1 Å². The predicted octanol–water partition coefficient (Wildman–Crippen LogP) is 5.15. The third kappa shape index (κ3) is 4.55. The molecule has 3 saturated heterocycles. The molecule has 2 N–H and O–H groups in total. The molecule has 8 nitrogen and oxygen atoms in total. The number of pyridine rings is 1. The zero-order valence-corrected chi connectivity index (χ0v) is 23.9. The minimum Gasteiger partial charge on any atom is -0.461 e. The lowest BCUT2D eigenvalue weighted by Crippen LogP contribution is -2.43. The van der Waals surface area contributed by atoms with E-state index in [1.807, 2.05) is 0 Å². The number of ether oxygens (including phenoxy) is 2. The van der Waals surface area contributed by atoms with Crippen LogP contribution < -0.4 is 15.4 Å². The molecular formula is C33H30F4N6O2. The van der Waals surface area contributed by atoms with Crippen molar-refractivity contribution >= 4 is 33.2 Å². The van der Waals surface area contributed by atoms with Gasteiger partial charge in [0, 0.05) is 51.6 Å². The molecule has 0 spiro atoms. The van der Waals surface area contributed by atoms with Crippen LogP contribution >= 0.6 is 0 Å². The maximum Gasteiger partial charge on any atom is 0.319 e. The van der Waals surface area contributed by atoms with Crippen molar-refractivity contribution in [3.63, 3.8) is 0 Å². The minimum atomic E-state index is -2.53. The summed E-state index contributed by atoms with van der Waals surface area (Å²) < 4.78 is 109. The van der Waals surface area contributed by atoms with Crippen LogP contribution in [0.15, 0.2) is 24.4 Å². The average Bonchev–Trinajstić information content (AvgIpc) is 3.54. The van der Waals surface area contributed by atoms with Crippen LogP contribution in [0.25, 0.3) is 32.9 Å². The Labute approximate surface area is 262 Å². The quantitative estimate of drug-likeness (QED) is 0.186. The summed E-state index contributed by atoms with van der Waals surface area (Å²) in [4.78, 5) is 16.2. The number of benzene rings is 2. The maximum atomic E-state index is 17.0. The summed E-state index contributed by atoms with van der Waals surface area (Å²) in [7, 11) is 0. The van der Waals surface area contributed by atoms with Gasteiger partial charge >= 0.3 is 6.01 Å². The number of hydrogen-bond donors (Lipinski definition) is 1. The van der Waals surface area contributed by atoms with Crippen LogP contribution in [-0.4, -0.2) is 76.5 Å². The van der Waals surface area contributed by atoms with E-state index in [1.54, 1.807) is 4.90 Å². The minimum absolute atomic E-state index is 0.0152. The summed E-state index contributed by atoms with van der Waals surface area (Å²) in [6.07, 6.45) is 6.48. The molecule has 4 fully saturated rings. The SMILES string of the molecule is [2H]C1([2H])CCO[C@@H]2C[C@@H]2N1c1nc(OC([2H])([2H])[C@@]23CCCN2C[C@H](F)C3)nc2c(F)c(-c3cc(N)cc4cc(F)c(F)c(C#C)c34)ncc12. The average molecular weight is 623 g/mol. The number of nitrogen functional groups attached to an aromatic ring is 1. The molecule has 0 radical (unpaired) electrons. The topological polar surface area (TPSA) is 89.6 Å². The molecule has 5 heterocycles. The van der Waals surface area contributed by atoms with Crippen molar-refractivity contribution < 1.29 is 32.5 Å². The number of alkyl halides is 1. The summed E-state index contributed by atoms with van der Waals surface area (Å²) in [5.74, 6) is -1.55. The number of nitrogens with two attached hydrogens (primary N) is 1. The van der Waals surface area contributed by atoms with E-state index in [1.165, 1.54) is 23.2 Å². The van der Waals surface area contributed by atoms with E-state index in [0.717, 1.165) is 6.07 Å². The molecule has 0 unspecified atom stereocenters. The molecule has 0 amide bonds. The van der Waals surface area contributed by atoms with Crippen molar-refractivity contribution in [3.05, 3.63) is 47.4 Å². The second kappa shape index (κ2) is 10.4. The molecule has 3 aliphatic heterocycles. The molecule has 12 heteroatoms. The van der Waals surface area contributed by atoms with E-state index < -0.39 is 65.4 Å². The van der Waals surface area contributed by atoms with Crippen molar-refractivity contribution in [1.29, 1.82) is 0 Å². The van der Waals surface area contributed by atoms with E-state index in [4.69, 9.17) is 27.1 Å². The Balaban J connectivity index is 1.35. The van der Waals surface area contributed by atoms with E-state index in [2.05, 4.69) is 20.9 Å². The Kier molecular flexibility index (Phi) is 5.58. The van der Waals surface area contributed by atoms with Crippen molar-refractivity contribution in [2.45, 2.75) is 56.0 Å². The summed E-state index contributed by atoms with van der Waals surface area (Å²) in [5.41, 5.74) is 3.56. The third-order valence-corrected chi connectivity index (χ3v) is 9.11. The second-order valence-corrected chi connectivity index (χ2v) is 11.9. The van der Waals surface area contributed by atoms with Gasteiger partial charge in [-0.1, -0.05) is 5.92 Å². The molecule has 1 saturated carbocycles. The van der Waals surface area contributed by atoms with Gasteiger partial charge in [0.05, 0.1) is 31.4 Å². The van der Waals surface area contributed by atoms with Crippen molar-refractivity contribution in [2.75, 3.05) is 43.4 Å². The van der Waals surface area contributed by atoms with Gasteiger partial charge in [-0.2, -0.15) is 9.97 Å². The Bertz CT molecular complexity index is 2100. The molecule has 4 aliphatic rings. The second-order valence-electron chi connectivity index (χ2n) is 11.9. The lowest BCUT2D eigenvalue weighted by Gasteiger charge is -2.31. The number of aromatic nitrogens is 3. The number of rotatable bonds is 5. The fourth-order valence-electron chi connectivity index (χ4n) is 7.01. The number of terminal acetylenes is 1. The number of halogens is 4. The molecule has 232 valence electrons. The fraction of sp³-hybridized carbons (Fsp3) is 0.424. The number of nitrogens with zero attached hydrogens (tertiary/aromatic N) is 5. The number of hydrogen-bond acceptors (Lipinski definition) is 8. The number of anilines is 2. The lowest BCUT2D eigenvalue weighted by atomic mass is 9.95. The fourth-order valence-corrected chi connectivity index (χ4v) is 7.01. The van der Waals surface area contributed by atoms with Gasteiger partial charge in [0.25, 0.3) is 0 Å². The normalized spacial score (nSPS) is 28.9. The van der Waals surface area contributed by atoms with Gasteiger partial charge in [-0.05, 0) is 55.8 Å². The molecular weight excluding hydrogens is 588 g/mol. The molecule has 1 aliphatic carbocycles. The Morgan fingerprint density at radius 1 is 1.22 bits per heavy atom. The van der Waals surface area contributed by atoms with Crippen LogP contribution in [0, 0.1) is 29.8 Å². The Morgan fingerprint density at radius 2 is 2.09 bits per heavy atom. The van der Waals surface area contributed by atoms with E-state index >= 15 is 4.39 Å². The highest BCUT2D eigenvalue weighted by atomic mass is 19.2. The van der Waals surface area contributed by atoms with E-state index in [9.17, 15) is 13.2 Å². The molecule has 2 aromatic carbocycles. The van der Waals surface area contributed by atoms with Gasteiger partial charge in [0.1, 0.15) is 29.8 Å². The maximum absolute atomic E-state index is 17.0. The smallest absolute Gasteiger partial charge is 0.319 e. The molecule has 45 heavy (non-hydrogen) atoms. The van der Waals surface area contributed by atoms with Crippen molar-refractivity contribution in [3.8, 4) is 29.6 Å². The van der Waals surface area contributed by atoms with Gasteiger partial charge in [0.2, 0.25) is 0 Å². The summed E-state index contributed by atoms with van der Waals surface area (Å²) in [5, 5.41) is 0.0654. The lowest BCUT2D eigenvalue weighted by molar-refractivity contribution is 0.107. The van der Waals surface area contributed by atoms with Gasteiger partial charge in [-0.3, -0.25) is 9.88 Å². The van der Waals surface area contributed by atoms with Crippen LogP contribution in [-0.2, 0) is 4.74 Å². The van der Waals surface area contributed by atoms with Crippen LogP contribution in [0.3, 0.4) is 0 Å². The first kappa shape index (κ1) is 24.1. The summed E-state index contributed by atoms with van der Waals surface area (Å²) in [6, 6.07) is 2.51. The highest BCUT2D eigenvalue weighted by molar-refractivity contribution is 6.03. The van der Waals surface area contributed by atoms with Crippen molar-refractivity contribution in [1.82, 2.24) is 19.9 Å². The zero-order valence-electron chi connectivity index (χ0n) is 27.9. The van der Waals surface area contributed by atoms with Crippen LogP contribution in [0.5, 0.6) is 6.01 Å². The van der Waals surface area contributed by atoms with Gasteiger partial charge in [0.15, 0.2) is 17.5 Å². The van der Waals surface area contributed by atoms with E-state index in [0.29, 0.717) is 25.8 Å². The first-order valence-electron chi connectivity index (χ1n) is 16.8. The van der Waals surface area contributed by atoms with Crippen molar-refractivity contribution in [2.24, 2.45) is 0 Å². The largest absolute Gasteiger partial charge is 0.461 e. The highest BCUT2D eigenvalue weighted by Crippen LogP contribution is 2.43. The van der Waals surface area contributed by atoms with E-state index in [-0.39, 0.29) is 71.0 Å². The summed E-state index contributed by atoms with van der Waals surface area (Å²) in [6.45, 7) is -3.89. The monoisotopic (exact) mass is 622 g/mol. The molecule has 0 bridgehead atoms. The van der Waals surface area contributed by atoms with Gasteiger partial charge in [-0.15, -0.1) is 6.42 Å². The molecule has 2 aromatic heterocycles. The first-order chi connectivity index (χ1) is 23.2. The first-order valence-corrected chi connectivity index (χ1v) is 14.8. The molecule has 4 atom stereocenters. The van der Waals surface area contributed by atoms with Crippen LogP contribution in [0.1, 0.15) is 43.2 Å². The van der Waals surface area contributed by atoms with Crippen LogP contribution in [0.2, 0.25) is 0 Å². The zero-order chi connectivity index (χ0) is 34.6. The summed E-state index contributed by atoms with van der Waals surface area (Å²) >= 11 is 0. The predicted molar refractivity (Wildman–Crippen MR) is 161 cm³/mol. The number of fused-ring (bicyclic) bond motifs is 4. The standard InChI is InChI=1S/C33H30F4N6O2/c1-2-20-26-17(10-23(35)27(20)36)9-19(38)11-21(26)29-28(37)30-22(14-39-29)31(43-7-4-8-44-25-12-24(25)43)41-32(40-30)45-16-33-5-3-6-42(33)15-18(34)13-33/h1,9-11,14,18,24-25H,3-8,12-13,15-16,38H2/t18-,24+,25-,33+/m1/s1/i7D2,16D2. The molecule has 4 aromatic rings. The van der Waals surface area contributed by atoms with Crippen LogP contribution in [0.4, 0.5) is 29.1 Å². The van der Waals surface area contributed by atoms with Gasteiger partial charge in [-0.25, -0.2) is 17.6 Å². The third-order valence-electron chi connectivity index (χ3n) is 9.11. The molecule has 8 rings (SSSR count). The Hall–Kier alpha value is -4.21. The Morgan fingerprint density at radius 3 is 2.93 bits per heavy atom. The highest BCUT2D eigenvalue weighted by Gasteiger charge is 2.50.